The van der Waals surface area contributed by atoms with Crippen molar-refractivity contribution in [3.63, 3.8) is 0 Å². The first kappa shape index (κ1) is 9.53. The Bertz CT molecular complexity index is 320. The van der Waals surface area contributed by atoms with E-state index < -0.39 is 0 Å². The summed E-state index contributed by atoms with van der Waals surface area (Å²) in [6.07, 6.45) is 2.33. The lowest BCUT2D eigenvalue weighted by Gasteiger charge is -2.11. The van der Waals surface area contributed by atoms with E-state index in [1.807, 2.05) is 0 Å². The number of anilines is 1. The molecule has 76 valence electrons. The maximum absolute atomic E-state index is 5.54. The molecule has 1 aromatic rings. The standard InChI is InChI=1S/C12H18N2/c1-9-4-2-6-11-12(9)10(8-14-11)5-3-7-13/h2,4,6,10,14H,3,5,7-8,13H2,1H3. The fourth-order valence-electron chi connectivity index (χ4n) is 2.32. The first-order valence-electron chi connectivity index (χ1n) is 5.36. The monoisotopic (exact) mass is 190 g/mol. The van der Waals surface area contributed by atoms with Gasteiger partial charge in [-0.25, -0.2) is 0 Å². The number of hydrogen-bond donors (Lipinski definition) is 2. The van der Waals surface area contributed by atoms with Gasteiger partial charge in [-0.1, -0.05) is 12.1 Å². The van der Waals surface area contributed by atoms with Crippen LogP contribution < -0.4 is 11.1 Å². The predicted molar refractivity (Wildman–Crippen MR) is 60.7 cm³/mol. The summed E-state index contributed by atoms with van der Waals surface area (Å²) in [7, 11) is 0. The molecule has 1 unspecified atom stereocenters. The second-order valence-electron chi connectivity index (χ2n) is 4.04. The van der Waals surface area contributed by atoms with Crippen molar-refractivity contribution in [3.8, 4) is 0 Å². The summed E-state index contributed by atoms with van der Waals surface area (Å²) in [6.45, 7) is 4.08. The van der Waals surface area contributed by atoms with E-state index in [1.54, 1.807) is 0 Å². The molecule has 1 heterocycles. The maximum atomic E-state index is 5.54. The summed E-state index contributed by atoms with van der Waals surface area (Å²) in [6, 6.07) is 6.48. The van der Waals surface area contributed by atoms with Crippen molar-refractivity contribution in [1.29, 1.82) is 0 Å². The third-order valence-corrected chi connectivity index (χ3v) is 3.03. The molecule has 0 radical (unpaired) electrons. The lowest BCUT2D eigenvalue weighted by Crippen LogP contribution is -2.06. The minimum absolute atomic E-state index is 0.676. The molecule has 3 N–H and O–H groups in total. The van der Waals surface area contributed by atoms with Crippen molar-refractivity contribution in [2.45, 2.75) is 25.7 Å². The number of aryl methyl sites for hydroxylation is 1. The maximum Gasteiger partial charge on any atom is 0.0379 e. The minimum atomic E-state index is 0.676. The van der Waals surface area contributed by atoms with Gasteiger partial charge >= 0.3 is 0 Å². The number of rotatable bonds is 3. The van der Waals surface area contributed by atoms with E-state index in [9.17, 15) is 0 Å². The molecule has 1 aliphatic heterocycles. The largest absolute Gasteiger partial charge is 0.384 e. The van der Waals surface area contributed by atoms with Gasteiger partial charge in [0, 0.05) is 18.2 Å². The van der Waals surface area contributed by atoms with Gasteiger partial charge in [0.15, 0.2) is 0 Å². The Balaban J connectivity index is 2.20. The highest BCUT2D eigenvalue weighted by Crippen LogP contribution is 2.36. The van der Waals surface area contributed by atoms with Crippen molar-refractivity contribution >= 4 is 5.69 Å². The van der Waals surface area contributed by atoms with Crippen LogP contribution in [0.25, 0.3) is 0 Å². The molecule has 1 aliphatic rings. The second kappa shape index (κ2) is 4.01. The Morgan fingerprint density at radius 1 is 1.50 bits per heavy atom. The first-order chi connectivity index (χ1) is 6.83. The van der Waals surface area contributed by atoms with E-state index in [0.29, 0.717) is 5.92 Å². The van der Waals surface area contributed by atoms with Gasteiger partial charge in [-0.3, -0.25) is 0 Å². The van der Waals surface area contributed by atoms with E-state index in [0.717, 1.165) is 19.5 Å². The van der Waals surface area contributed by atoms with Crippen LogP contribution in [0.2, 0.25) is 0 Å². The van der Waals surface area contributed by atoms with E-state index in [4.69, 9.17) is 5.73 Å². The molecule has 1 aromatic carbocycles. The summed E-state index contributed by atoms with van der Waals surface area (Å²) in [5, 5.41) is 3.46. The van der Waals surface area contributed by atoms with Gasteiger partial charge in [0.1, 0.15) is 0 Å². The SMILES string of the molecule is Cc1cccc2c1C(CCCN)CN2. The van der Waals surface area contributed by atoms with Crippen molar-refractivity contribution in [2.75, 3.05) is 18.4 Å². The molecule has 14 heavy (non-hydrogen) atoms. The highest BCUT2D eigenvalue weighted by atomic mass is 14.9. The van der Waals surface area contributed by atoms with Crippen molar-refractivity contribution < 1.29 is 0 Å². The van der Waals surface area contributed by atoms with Crippen LogP contribution in [0.4, 0.5) is 5.69 Å². The molecule has 2 heteroatoms. The summed E-state index contributed by atoms with van der Waals surface area (Å²) >= 11 is 0. The van der Waals surface area contributed by atoms with Crippen molar-refractivity contribution in [3.05, 3.63) is 29.3 Å². The van der Waals surface area contributed by atoms with Crippen LogP contribution in [0.15, 0.2) is 18.2 Å². The molecule has 1 atom stereocenters. The molecule has 2 rings (SSSR count). The highest BCUT2D eigenvalue weighted by molar-refractivity contribution is 5.60. The zero-order chi connectivity index (χ0) is 9.97. The van der Waals surface area contributed by atoms with E-state index in [1.165, 1.54) is 23.2 Å². The summed E-state index contributed by atoms with van der Waals surface area (Å²) in [5.41, 5.74) is 9.80. The van der Waals surface area contributed by atoms with Crippen LogP contribution >= 0.6 is 0 Å². The van der Waals surface area contributed by atoms with E-state index >= 15 is 0 Å². The Hall–Kier alpha value is -1.02. The summed E-state index contributed by atoms with van der Waals surface area (Å²) in [5.74, 6) is 0.676. The van der Waals surface area contributed by atoms with Crippen LogP contribution in [-0.2, 0) is 0 Å². The number of hydrogen-bond acceptors (Lipinski definition) is 2. The quantitative estimate of drug-likeness (QED) is 0.767. The molecule has 0 saturated heterocycles. The Labute approximate surface area is 85.5 Å². The van der Waals surface area contributed by atoms with Crippen LogP contribution in [-0.4, -0.2) is 13.1 Å². The van der Waals surface area contributed by atoms with Gasteiger partial charge < -0.3 is 11.1 Å². The fraction of sp³-hybridized carbons (Fsp3) is 0.500. The van der Waals surface area contributed by atoms with Crippen LogP contribution in [0.5, 0.6) is 0 Å². The number of nitrogens with two attached hydrogens (primary N) is 1. The van der Waals surface area contributed by atoms with Gasteiger partial charge in [-0.2, -0.15) is 0 Å². The predicted octanol–water partition coefficient (Wildman–Crippen LogP) is 2.24. The third kappa shape index (κ3) is 1.62. The lowest BCUT2D eigenvalue weighted by molar-refractivity contribution is 0.635. The third-order valence-electron chi connectivity index (χ3n) is 3.03. The molecule has 0 saturated carbocycles. The molecule has 0 aliphatic carbocycles. The Kier molecular flexibility index (Phi) is 2.73. The van der Waals surface area contributed by atoms with E-state index in [2.05, 4.69) is 30.4 Å². The van der Waals surface area contributed by atoms with Crippen LogP contribution in [0.3, 0.4) is 0 Å². The topological polar surface area (TPSA) is 38.0 Å². The molecule has 0 spiro atoms. The fourth-order valence-corrected chi connectivity index (χ4v) is 2.32. The lowest BCUT2D eigenvalue weighted by atomic mass is 9.93. The first-order valence-corrected chi connectivity index (χ1v) is 5.36. The molecule has 0 amide bonds. The van der Waals surface area contributed by atoms with Crippen molar-refractivity contribution in [2.24, 2.45) is 5.73 Å². The molecular formula is C12H18N2. The second-order valence-corrected chi connectivity index (χ2v) is 4.04. The molecular weight excluding hydrogens is 172 g/mol. The van der Waals surface area contributed by atoms with Gasteiger partial charge in [0.05, 0.1) is 0 Å². The van der Waals surface area contributed by atoms with Gasteiger partial charge in [-0.05, 0) is 43.5 Å². The normalized spacial score (nSPS) is 19.1. The van der Waals surface area contributed by atoms with Crippen molar-refractivity contribution in [1.82, 2.24) is 0 Å². The highest BCUT2D eigenvalue weighted by Gasteiger charge is 2.22. The molecule has 0 aromatic heterocycles. The van der Waals surface area contributed by atoms with Crippen LogP contribution in [0.1, 0.15) is 29.9 Å². The van der Waals surface area contributed by atoms with E-state index in [-0.39, 0.29) is 0 Å². The molecule has 0 bridgehead atoms. The number of benzene rings is 1. The zero-order valence-electron chi connectivity index (χ0n) is 8.72. The zero-order valence-corrected chi connectivity index (χ0v) is 8.72. The van der Waals surface area contributed by atoms with Gasteiger partial charge in [0.2, 0.25) is 0 Å². The molecule has 0 fully saturated rings. The average molecular weight is 190 g/mol. The van der Waals surface area contributed by atoms with Gasteiger partial charge in [0.25, 0.3) is 0 Å². The number of fused-ring (bicyclic) bond motifs is 1. The Morgan fingerprint density at radius 3 is 3.14 bits per heavy atom. The smallest absolute Gasteiger partial charge is 0.0379 e. The average Bonchev–Trinajstić information content (AvgIpc) is 2.59. The molecule has 2 nitrogen and oxygen atoms in total. The minimum Gasteiger partial charge on any atom is -0.384 e. The Morgan fingerprint density at radius 2 is 2.36 bits per heavy atom. The van der Waals surface area contributed by atoms with Gasteiger partial charge in [-0.15, -0.1) is 0 Å². The van der Waals surface area contributed by atoms with Crippen LogP contribution in [0, 0.1) is 6.92 Å². The summed E-state index contributed by atoms with van der Waals surface area (Å²) < 4.78 is 0. The number of nitrogens with one attached hydrogen (secondary N) is 1. The summed E-state index contributed by atoms with van der Waals surface area (Å²) in [4.78, 5) is 0.